The van der Waals surface area contributed by atoms with E-state index in [0.29, 0.717) is 0 Å². The summed E-state index contributed by atoms with van der Waals surface area (Å²) in [6.07, 6.45) is 0. The first-order valence-corrected chi connectivity index (χ1v) is 20.2. The van der Waals surface area contributed by atoms with Gasteiger partial charge in [0, 0.05) is 38.6 Å². The highest BCUT2D eigenvalue weighted by molar-refractivity contribution is 6.15. The molecule has 0 N–H and O–H groups in total. The number of furan rings is 1. The van der Waals surface area contributed by atoms with E-state index in [9.17, 15) is 0 Å². The zero-order chi connectivity index (χ0) is 38.9. The molecule has 0 saturated heterocycles. The van der Waals surface area contributed by atoms with Crippen molar-refractivity contribution in [2.24, 2.45) is 0 Å². The molecule has 0 aliphatic heterocycles. The van der Waals surface area contributed by atoms with Crippen LogP contribution < -0.4 is 4.90 Å². The molecule has 0 aliphatic carbocycles. The molecule has 0 saturated carbocycles. The van der Waals surface area contributed by atoms with Crippen molar-refractivity contribution >= 4 is 82.4 Å². The number of rotatable bonds is 6. The fourth-order valence-electron chi connectivity index (χ4n) is 9.23. The Morgan fingerprint density at radius 3 is 1.71 bits per heavy atom. The van der Waals surface area contributed by atoms with E-state index in [1.807, 2.05) is 6.07 Å². The Morgan fingerprint density at radius 2 is 0.915 bits per heavy atom. The van der Waals surface area contributed by atoms with Crippen molar-refractivity contribution in [3.05, 3.63) is 218 Å². The number of para-hydroxylation sites is 3. The van der Waals surface area contributed by atoms with Gasteiger partial charge >= 0.3 is 0 Å². The van der Waals surface area contributed by atoms with Crippen LogP contribution in [0.2, 0.25) is 0 Å². The van der Waals surface area contributed by atoms with Gasteiger partial charge in [-0.25, -0.2) is 0 Å². The molecule has 12 aromatic rings. The number of nitrogens with zero attached hydrogens (tertiary/aromatic N) is 2. The Morgan fingerprint density at radius 1 is 0.339 bits per heavy atom. The molecule has 0 amide bonds. The maximum atomic E-state index is 6.64. The summed E-state index contributed by atoms with van der Waals surface area (Å²) in [5, 5.41) is 9.67. The highest BCUT2D eigenvalue weighted by Gasteiger charge is 2.21. The third-order valence-electron chi connectivity index (χ3n) is 12.0. The molecule has 2 heterocycles. The fraction of sp³-hybridized carbons (Fsp3) is 0. The second-order valence-corrected chi connectivity index (χ2v) is 15.3. The monoisotopic (exact) mass is 752 g/mol. The number of hydrogen-bond donors (Lipinski definition) is 0. The van der Waals surface area contributed by atoms with E-state index >= 15 is 0 Å². The Labute approximate surface area is 341 Å². The van der Waals surface area contributed by atoms with Crippen LogP contribution in [0.3, 0.4) is 0 Å². The van der Waals surface area contributed by atoms with Crippen LogP contribution in [0.1, 0.15) is 0 Å². The molecule has 12 rings (SSSR count). The van der Waals surface area contributed by atoms with E-state index in [1.54, 1.807) is 0 Å². The third kappa shape index (κ3) is 5.36. The number of benzene rings is 10. The molecule has 3 heteroatoms. The Balaban J connectivity index is 1.05. The molecular formula is C56H36N2O. The van der Waals surface area contributed by atoms with Crippen LogP contribution >= 0.6 is 0 Å². The van der Waals surface area contributed by atoms with Gasteiger partial charge in [0.15, 0.2) is 5.58 Å². The number of aromatic nitrogens is 1. The molecule has 3 nitrogen and oxygen atoms in total. The molecule has 0 spiro atoms. The summed E-state index contributed by atoms with van der Waals surface area (Å²) in [5.74, 6) is 0. The molecule has 59 heavy (non-hydrogen) atoms. The first-order valence-electron chi connectivity index (χ1n) is 20.2. The number of fused-ring (bicyclic) bond motifs is 9. The lowest BCUT2D eigenvalue weighted by Crippen LogP contribution is -2.10. The molecule has 276 valence electrons. The average Bonchev–Trinajstić information content (AvgIpc) is 3.85. The molecule has 0 radical (unpaired) electrons. The van der Waals surface area contributed by atoms with Crippen molar-refractivity contribution in [3.8, 4) is 27.9 Å². The van der Waals surface area contributed by atoms with Crippen LogP contribution in [0.5, 0.6) is 0 Å². The maximum absolute atomic E-state index is 6.64. The minimum absolute atomic E-state index is 0.881. The van der Waals surface area contributed by atoms with Gasteiger partial charge in [-0.15, -0.1) is 0 Å². The van der Waals surface area contributed by atoms with Crippen molar-refractivity contribution in [1.29, 1.82) is 0 Å². The third-order valence-corrected chi connectivity index (χ3v) is 12.0. The lowest BCUT2D eigenvalue weighted by Gasteiger charge is -2.26. The van der Waals surface area contributed by atoms with E-state index in [2.05, 4.69) is 222 Å². The molecule has 0 fully saturated rings. The van der Waals surface area contributed by atoms with Gasteiger partial charge in [0.05, 0.1) is 16.7 Å². The largest absolute Gasteiger partial charge is 0.454 e. The predicted octanol–water partition coefficient (Wildman–Crippen LogP) is 15.8. The van der Waals surface area contributed by atoms with Gasteiger partial charge in [-0.2, -0.15) is 0 Å². The van der Waals surface area contributed by atoms with Crippen molar-refractivity contribution < 1.29 is 4.42 Å². The zero-order valence-corrected chi connectivity index (χ0v) is 32.1. The van der Waals surface area contributed by atoms with Crippen LogP contribution in [0.15, 0.2) is 223 Å². The van der Waals surface area contributed by atoms with Crippen LogP contribution in [0.4, 0.5) is 17.1 Å². The predicted molar refractivity (Wildman–Crippen MR) is 249 cm³/mol. The maximum Gasteiger partial charge on any atom is 0.159 e. The van der Waals surface area contributed by atoms with E-state index in [-0.39, 0.29) is 0 Å². The standard InChI is InChI=1S/C56H36N2O/c1-2-13-37(14-3-1)38-25-29-41(30-26-38)57(42-31-27-39(28-32-42)51-35-40-15-4-5-16-44(40)45-17-6-7-18-46(45)51)43-33-34-48-47-19-8-10-22-52(47)58(54(48)36-43)53-23-12-21-50-49-20-9-11-24-55(49)59-56(50)53/h1-36H. The van der Waals surface area contributed by atoms with Crippen LogP contribution in [0.25, 0.3) is 93.2 Å². The van der Waals surface area contributed by atoms with E-state index < -0.39 is 0 Å². The van der Waals surface area contributed by atoms with Crippen molar-refractivity contribution in [3.63, 3.8) is 0 Å². The molecular weight excluding hydrogens is 717 g/mol. The van der Waals surface area contributed by atoms with Gasteiger partial charge in [-0.1, -0.05) is 158 Å². The topological polar surface area (TPSA) is 21.3 Å². The second-order valence-electron chi connectivity index (χ2n) is 15.3. The fourth-order valence-corrected chi connectivity index (χ4v) is 9.23. The first-order chi connectivity index (χ1) is 29.3. The van der Waals surface area contributed by atoms with Gasteiger partial charge in [0.25, 0.3) is 0 Å². The Kier molecular flexibility index (Phi) is 7.54. The van der Waals surface area contributed by atoms with Crippen molar-refractivity contribution in [1.82, 2.24) is 4.57 Å². The quantitative estimate of drug-likeness (QED) is 0.158. The van der Waals surface area contributed by atoms with Gasteiger partial charge in [0.2, 0.25) is 0 Å². The summed E-state index contributed by atoms with van der Waals surface area (Å²) in [5.41, 5.74) is 13.1. The Hall–Kier alpha value is -7.88. The van der Waals surface area contributed by atoms with Gasteiger partial charge in [-0.3, -0.25) is 0 Å². The lowest BCUT2D eigenvalue weighted by atomic mass is 9.93. The smallest absolute Gasteiger partial charge is 0.159 e. The number of anilines is 3. The molecule has 0 unspecified atom stereocenters. The molecule has 0 aliphatic rings. The van der Waals surface area contributed by atoms with E-state index in [0.717, 1.165) is 55.7 Å². The summed E-state index contributed by atoms with van der Waals surface area (Å²) >= 11 is 0. The van der Waals surface area contributed by atoms with Gasteiger partial charge < -0.3 is 13.9 Å². The SMILES string of the molecule is c1ccc(-c2ccc(N(c3ccc(-c4cc5ccccc5c5ccccc45)cc3)c3ccc4c5ccccc5n(-c5cccc6c5oc5ccccc56)c4c3)cc2)cc1. The minimum atomic E-state index is 0.881. The highest BCUT2D eigenvalue weighted by Crippen LogP contribution is 2.43. The van der Waals surface area contributed by atoms with Crippen LogP contribution in [-0.4, -0.2) is 4.57 Å². The van der Waals surface area contributed by atoms with Crippen molar-refractivity contribution in [2.75, 3.05) is 4.90 Å². The zero-order valence-electron chi connectivity index (χ0n) is 32.1. The van der Waals surface area contributed by atoms with Crippen LogP contribution in [-0.2, 0) is 0 Å². The van der Waals surface area contributed by atoms with E-state index in [1.165, 1.54) is 54.6 Å². The van der Waals surface area contributed by atoms with E-state index in [4.69, 9.17) is 4.42 Å². The summed E-state index contributed by atoms with van der Waals surface area (Å²) in [6.45, 7) is 0. The van der Waals surface area contributed by atoms with Gasteiger partial charge in [0.1, 0.15) is 5.58 Å². The average molecular weight is 753 g/mol. The first kappa shape index (κ1) is 33.3. The highest BCUT2D eigenvalue weighted by atomic mass is 16.3. The number of hydrogen-bond acceptors (Lipinski definition) is 2. The summed E-state index contributed by atoms with van der Waals surface area (Å²) < 4.78 is 9.01. The molecule has 0 atom stereocenters. The normalized spacial score (nSPS) is 11.7. The van der Waals surface area contributed by atoms with Crippen molar-refractivity contribution in [2.45, 2.75) is 0 Å². The minimum Gasteiger partial charge on any atom is -0.454 e. The molecule has 0 bridgehead atoms. The molecule has 10 aromatic carbocycles. The second kappa shape index (κ2) is 13.4. The van der Waals surface area contributed by atoms with Gasteiger partial charge in [-0.05, 0) is 104 Å². The summed E-state index contributed by atoms with van der Waals surface area (Å²) in [6, 6.07) is 78.7. The molecule has 2 aromatic heterocycles. The van der Waals surface area contributed by atoms with Crippen LogP contribution in [0, 0.1) is 0 Å². The lowest BCUT2D eigenvalue weighted by molar-refractivity contribution is 0.666. The summed E-state index contributed by atoms with van der Waals surface area (Å²) in [4.78, 5) is 2.38. The summed E-state index contributed by atoms with van der Waals surface area (Å²) in [7, 11) is 0. The Bertz CT molecular complexity index is 3540.